The molecule has 15 heavy (non-hydrogen) atoms. The molecule has 0 N–H and O–H groups in total. The van der Waals surface area contributed by atoms with Crippen LogP contribution in [0, 0.1) is 5.92 Å². The zero-order valence-electron chi connectivity index (χ0n) is 9.66. The zero-order chi connectivity index (χ0) is 11.1. The lowest BCUT2D eigenvalue weighted by molar-refractivity contribution is 0.102. The highest BCUT2D eigenvalue weighted by Gasteiger charge is 2.60. The number of fused-ring (bicyclic) bond motifs is 2. The molecule has 2 aliphatic carbocycles. The van der Waals surface area contributed by atoms with E-state index in [0.29, 0.717) is 11.5 Å². The molecule has 0 heterocycles. The van der Waals surface area contributed by atoms with Gasteiger partial charge in [0, 0.05) is 31.6 Å². The molecule has 0 amide bonds. The van der Waals surface area contributed by atoms with Gasteiger partial charge in [0.2, 0.25) is 0 Å². The van der Waals surface area contributed by atoms with Gasteiger partial charge in [0.05, 0.1) is 0 Å². The van der Waals surface area contributed by atoms with Crippen LogP contribution in [0.15, 0.2) is 0 Å². The topological polar surface area (TPSA) is 27.7 Å². The minimum absolute atomic E-state index is 0.225. The summed E-state index contributed by atoms with van der Waals surface area (Å²) >= 11 is 4.79. The fourth-order valence-electron chi connectivity index (χ4n) is 3.37. The van der Waals surface area contributed by atoms with E-state index in [1.807, 2.05) is 0 Å². The van der Waals surface area contributed by atoms with E-state index in [4.69, 9.17) is 25.9 Å². The Morgan fingerprint density at radius 2 is 1.73 bits per heavy atom. The van der Waals surface area contributed by atoms with E-state index in [-0.39, 0.29) is 4.75 Å². The lowest BCUT2D eigenvalue weighted by Crippen LogP contribution is -2.49. The van der Waals surface area contributed by atoms with Crippen LogP contribution in [0.3, 0.4) is 0 Å². The van der Waals surface area contributed by atoms with Crippen molar-refractivity contribution in [2.75, 3.05) is 21.3 Å². The van der Waals surface area contributed by atoms with Crippen LogP contribution in [0.2, 0.25) is 5.54 Å². The summed E-state index contributed by atoms with van der Waals surface area (Å²) in [6.07, 6.45) is 4.77. The van der Waals surface area contributed by atoms with Crippen molar-refractivity contribution in [1.29, 1.82) is 0 Å². The van der Waals surface area contributed by atoms with E-state index in [0.717, 1.165) is 6.42 Å². The lowest BCUT2D eigenvalue weighted by Gasteiger charge is -2.36. The SMILES string of the molecule is CO[Si](OC)(OC)C1CC2(S)CCC1C2. The Balaban J connectivity index is 2.17. The third-order valence-electron chi connectivity index (χ3n) is 4.10. The van der Waals surface area contributed by atoms with Crippen LogP contribution >= 0.6 is 12.6 Å². The van der Waals surface area contributed by atoms with E-state index in [9.17, 15) is 0 Å². The second kappa shape index (κ2) is 4.03. The Hall–Kier alpha value is 0.447. The molecule has 2 aliphatic rings. The van der Waals surface area contributed by atoms with Gasteiger partial charge in [-0.2, -0.15) is 12.6 Å². The summed E-state index contributed by atoms with van der Waals surface area (Å²) in [6.45, 7) is 0. The van der Waals surface area contributed by atoms with Crippen LogP contribution in [0.4, 0.5) is 0 Å². The van der Waals surface area contributed by atoms with Gasteiger partial charge in [0.1, 0.15) is 0 Å². The highest BCUT2D eigenvalue weighted by atomic mass is 32.1. The molecular weight excluding hydrogens is 228 g/mol. The first kappa shape index (κ1) is 11.9. The standard InChI is InChI=1S/C10H20O3SSi/c1-11-15(12-2,13-3)9-7-10(14)5-4-8(9)6-10/h8-9,14H,4-7H2,1-3H3. The minimum Gasteiger partial charge on any atom is -0.377 e. The van der Waals surface area contributed by atoms with Crippen LogP contribution in [0.1, 0.15) is 25.7 Å². The van der Waals surface area contributed by atoms with Crippen molar-refractivity contribution in [1.82, 2.24) is 0 Å². The summed E-state index contributed by atoms with van der Waals surface area (Å²) < 4.78 is 17.0. The van der Waals surface area contributed by atoms with E-state index in [2.05, 4.69) is 0 Å². The average molecular weight is 248 g/mol. The van der Waals surface area contributed by atoms with E-state index < -0.39 is 8.80 Å². The maximum absolute atomic E-state index is 5.58. The minimum atomic E-state index is -2.43. The first-order chi connectivity index (χ1) is 7.09. The molecule has 2 bridgehead atoms. The highest BCUT2D eigenvalue weighted by molar-refractivity contribution is 7.81. The second-order valence-electron chi connectivity index (χ2n) is 4.75. The molecule has 3 unspecified atom stereocenters. The van der Waals surface area contributed by atoms with Gasteiger partial charge in [-0.25, -0.2) is 0 Å². The van der Waals surface area contributed by atoms with Crippen LogP contribution in [0.5, 0.6) is 0 Å². The number of rotatable bonds is 4. The van der Waals surface area contributed by atoms with Crippen LogP contribution < -0.4 is 0 Å². The maximum Gasteiger partial charge on any atom is 0.503 e. The molecule has 0 aromatic carbocycles. The van der Waals surface area contributed by atoms with Crippen molar-refractivity contribution in [3.63, 3.8) is 0 Å². The van der Waals surface area contributed by atoms with Gasteiger partial charge in [0.25, 0.3) is 0 Å². The smallest absolute Gasteiger partial charge is 0.377 e. The molecular formula is C10H20O3SSi. The molecule has 3 atom stereocenters. The van der Waals surface area contributed by atoms with E-state index >= 15 is 0 Å². The Morgan fingerprint density at radius 3 is 2.07 bits per heavy atom. The summed E-state index contributed by atoms with van der Waals surface area (Å²) in [4.78, 5) is 0. The third-order valence-corrected chi connectivity index (χ3v) is 7.98. The zero-order valence-corrected chi connectivity index (χ0v) is 11.5. The predicted molar refractivity (Wildman–Crippen MR) is 64.2 cm³/mol. The van der Waals surface area contributed by atoms with Crippen molar-refractivity contribution in [3.05, 3.63) is 0 Å². The van der Waals surface area contributed by atoms with Gasteiger partial charge in [-0.3, -0.25) is 0 Å². The monoisotopic (exact) mass is 248 g/mol. The maximum atomic E-state index is 5.58. The molecule has 5 heteroatoms. The van der Waals surface area contributed by atoms with Gasteiger partial charge in [-0.1, -0.05) is 0 Å². The Morgan fingerprint density at radius 1 is 1.13 bits per heavy atom. The number of hydrogen-bond donors (Lipinski definition) is 1. The van der Waals surface area contributed by atoms with Gasteiger partial charge in [-0.15, -0.1) is 0 Å². The molecule has 0 aliphatic heterocycles. The van der Waals surface area contributed by atoms with Gasteiger partial charge < -0.3 is 13.3 Å². The second-order valence-corrected chi connectivity index (χ2v) is 8.88. The van der Waals surface area contributed by atoms with Gasteiger partial charge >= 0.3 is 8.80 Å². The Kier molecular flexibility index (Phi) is 3.21. The van der Waals surface area contributed by atoms with E-state index in [1.165, 1.54) is 19.3 Å². The summed E-state index contributed by atoms with van der Waals surface area (Å²) in [5, 5.41) is 0. The largest absolute Gasteiger partial charge is 0.503 e. The van der Waals surface area contributed by atoms with Crippen molar-refractivity contribution < 1.29 is 13.3 Å². The molecule has 88 valence electrons. The quantitative estimate of drug-likeness (QED) is 0.610. The molecule has 0 aromatic rings. The van der Waals surface area contributed by atoms with Crippen molar-refractivity contribution >= 4 is 21.4 Å². The fourth-order valence-corrected chi connectivity index (χ4v) is 7.01. The van der Waals surface area contributed by atoms with Crippen molar-refractivity contribution in [3.8, 4) is 0 Å². The van der Waals surface area contributed by atoms with Crippen LogP contribution in [0.25, 0.3) is 0 Å². The Bertz CT molecular complexity index is 239. The summed E-state index contributed by atoms with van der Waals surface area (Å²) in [6, 6.07) is 0. The first-order valence-corrected chi connectivity index (χ1v) is 7.72. The first-order valence-electron chi connectivity index (χ1n) is 5.47. The van der Waals surface area contributed by atoms with Crippen molar-refractivity contribution in [2.45, 2.75) is 36.0 Å². The average Bonchev–Trinajstić information content (AvgIpc) is 2.77. The van der Waals surface area contributed by atoms with E-state index in [1.54, 1.807) is 21.3 Å². The summed E-state index contributed by atoms with van der Waals surface area (Å²) in [5.74, 6) is 0.689. The fraction of sp³-hybridized carbons (Fsp3) is 1.00. The predicted octanol–water partition coefficient (Wildman–Crippen LogP) is 2.11. The van der Waals surface area contributed by atoms with Crippen molar-refractivity contribution in [2.24, 2.45) is 5.92 Å². The van der Waals surface area contributed by atoms with Crippen LogP contribution in [-0.2, 0) is 13.3 Å². The molecule has 2 rings (SSSR count). The molecule has 0 radical (unpaired) electrons. The summed E-state index contributed by atoms with van der Waals surface area (Å²) in [5.41, 5.74) is 0.448. The highest BCUT2D eigenvalue weighted by Crippen LogP contribution is 2.60. The Labute approximate surface area is 98.3 Å². The molecule has 2 saturated carbocycles. The normalized spacial score (nSPS) is 40.0. The number of hydrogen-bond acceptors (Lipinski definition) is 4. The van der Waals surface area contributed by atoms with Gasteiger partial charge in [-0.05, 0) is 31.6 Å². The summed E-state index contributed by atoms with van der Waals surface area (Å²) in [7, 11) is 2.68. The molecule has 2 fully saturated rings. The van der Waals surface area contributed by atoms with Gasteiger partial charge in [0.15, 0.2) is 0 Å². The molecule has 0 saturated heterocycles. The van der Waals surface area contributed by atoms with Crippen LogP contribution in [-0.4, -0.2) is 34.9 Å². The third kappa shape index (κ3) is 1.78. The lowest BCUT2D eigenvalue weighted by atomic mass is 9.99. The molecule has 3 nitrogen and oxygen atoms in total. The number of thiol groups is 1. The molecule has 0 spiro atoms. The molecule has 0 aromatic heterocycles.